The molecular formula is C15H21F2N3O. The molecule has 0 N–H and O–H groups in total. The number of alkyl halides is 2. The summed E-state index contributed by atoms with van der Waals surface area (Å²) in [5.41, 5.74) is 1.38. The number of nitrogens with zero attached hydrogens (tertiary/aromatic N) is 3. The van der Waals surface area contributed by atoms with Gasteiger partial charge in [-0.15, -0.1) is 0 Å². The minimum atomic E-state index is -2.55. The van der Waals surface area contributed by atoms with Gasteiger partial charge in [0.1, 0.15) is 12.2 Å². The van der Waals surface area contributed by atoms with Gasteiger partial charge in [0.2, 0.25) is 5.91 Å². The van der Waals surface area contributed by atoms with Crippen LogP contribution >= 0.6 is 0 Å². The topological polar surface area (TPSA) is 38.1 Å². The summed E-state index contributed by atoms with van der Waals surface area (Å²) in [5, 5.41) is 4.01. The zero-order valence-corrected chi connectivity index (χ0v) is 12.3. The third-order valence-corrected chi connectivity index (χ3v) is 4.65. The van der Waals surface area contributed by atoms with Gasteiger partial charge in [-0.3, -0.25) is 9.48 Å². The Kier molecular flexibility index (Phi) is 3.95. The van der Waals surface area contributed by atoms with Gasteiger partial charge in [0.25, 0.3) is 6.43 Å². The van der Waals surface area contributed by atoms with E-state index in [4.69, 9.17) is 0 Å². The molecule has 2 heterocycles. The van der Waals surface area contributed by atoms with E-state index in [0.29, 0.717) is 12.0 Å². The van der Waals surface area contributed by atoms with Crippen LogP contribution in [0.5, 0.6) is 0 Å². The SMILES string of the molecule is C[C@@H]1CCCCN1C(=O)Cn1nc(C(F)F)c2c1CCC2. The lowest BCUT2D eigenvalue weighted by Crippen LogP contribution is -2.43. The lowest BCUT2D eigenvalue weighted by molar-refractivity contribution is -0.135. The van der Waals surface area contributed by atoms with E-state index < -0.39 is 6.43 Å². The Morgan fingerprint density at radius 3 is 2.86 bits per heavy atom. The van der Waals surface area contributed by atoms with E-state index in [1.54, 1.807) is 0 Å². The first-order valence-corrected chi connectivity index (χ1v) is 7.74. The molecule has 4 nitrogen and oxygen atoms in total. The molecule has 3 rings (SSSR count). The number of likely N-dealkylation sites (tertiary alicyclic amines) is 1. The van der Waals surface area contributed by atoms with Crippen molar-refractivity contribution >= 4 is 5.91 Å². The van der Waals surface area contributed by atoms with E-state index in [1.165, 1.54) is 4.68 Å². The first-order chi connectivity index (χ1) is 10.1. The molecule has 1 aromatic rings. The van der Waals surface area contributed by atoms with Gasteiger partial charge in [-0.2, -0.15) is 5.10 Å². The van der Waals surface area contributed by atoms with Crippen LogP contribution in [0.3, 0.4) is 0 Å². The molecule has 1 aliphatic heterocycles. The first kappa shape index (κ1) is 14.5. The van der Waals surface area contributed by atoms with Crippen LogP contribution in [0.4, 0.5) is 8.78 Å². The Balaban J connectivity index is 1.79. The van der Waals surface area contributed by atoms with E-state index in [0.717, 1.165) is 44.3 Å². The smallest absolute Gasteiger partial charge is 0.282 e. The molecule has 0 radical (unpaired) electrons. The van der Waals surface area contributed by atoms with Crippen LogP contribution in [0.1, 0.15) is 56.0 Å². The molecule has 1 aromatic heterocycles. The monoisotopic (exact) mass is 297 g/mol. The second kappa shape index (κ2) is 5.73. The average molecular weight is 297 g/mol. The van der Waals surface area contributed by atoms with Crippen molar-refractivity contribution < 1.29 is 13.6 Å². The Morgan fingerprint density at radius 1 is 1.33 bits per heavy atom. The largest absolute Gasteiger partial charge is 0.338 e. The molecule has 6 heteroatoms. The Morgan fingerprint density at radius 2 is 2.14 bits per heavy atom. The average Bonchev–Trinajstić information content (AvgIpc) is 3.02. The van der Waals surface area contributed by atoms with Crippen LogP contribution in [0.15, 0.2) is 0 Å². The molecule has 0 aromatic carbocycles. The van der Waals surface area contributed by atoms with Crippen LogP contribution in [0, 0.1) is 0 Å². The molecule has 0 spiro atoms. The molecule has 21 heavy (non-hydrogen) atoms. The van der Waals surface area contributed by atoms with Crippen molar-refractivity contribution in [2.75, 3.05) is 6.54 Å². The van der Waals surface area contributed by atoms with Crippen LogP contribution in [0.25, 0.3) is 0 Å². The molecule has 1 saturated heterocycles. The standard InChI is InChI=1S/C15H21F2N3O/c1-10-5-2-3-8-19(10)13(21)9-20-12-7-4-6-11(12)14(18-20)15(16)17/h10,15H,2-9H2,1H3/t10-/m1/s1. The number of fused-ring (bicyclic) bond motifs is 1. The zero-order chi connectivity index (χ0) is 15.0. The number of carbonyl (C=O) groups is 1. The van der Waals surface area contributed by atoms with Gasteiger partial charge in [-0.1, -0.05) is 0 Å². The summed E-state index contributed by atoms with van der Waals surface area (Å²) in [6, 6.07) is 0.240. The number of rotatable bonds is 3. The van der Waals surface area contributed by atoms with Crippen LogP contribution in [0.2, 0.25) is 0 Å². The third kappa shape index (κ3) is 2.68. The van der Waals surface area contributed by atoms with E-state index in [1.807, 2.05) is 4.90 Å². The lowest BCUT2D eigenvalue weighted by Gasteiger charge is -2.33. The number of hydrogen-bond acceptors (Lipinski definition) is 2. The summed E-state index contributed by atoms with van der Waals surface area (Å²) in [7, 11) is 0. The number of aromatic nitrogens is 2. The second-order valence-electron chi connectivity index (χ2n) is 6.05. The Labute approximate surface area is 123 Å². The minimum Gasteiger partial charge on any atom is -0.338 e. The third-order valence-electron chi connectivity index (χ3n) is 4.65. The fourth-order valence-corrected chi connectivity index (χ4v) is 3.53. The molecule has 0 unspecified atom stereocenters. The first-order valence-electron chi connectivity index (χ1n) is 7.74. The quantitative estimate of drug-likeness (QED) is 0.860. The summed E-state index contributed by atoms with van der Waals surface area (Å²) in [5.74, 6) is 0.000200. The minimum absolute atomic E-state index is 0.000200. The highest BCUT2D eigenvalue weighted by atomic mass is 19.3. The predicted molar refractivity (Wildman–Crippen MR) is 74.2 cm³/mol. The van der Waals surface area contributed by atoms with Crippen molar-refractivity contribution in [3.05, 3.63) is 17.0 Å². The van der Waals surface area contributed by atoms with Crippen molar-refractivity contribution in [1.29, 1.82) is 0 Å². The van der Waals surface area contributed by atoms with Crippen molar-refractivity contribution in [2.45, 2.75) is 64.5 Å². The summed E-state index contributed by atoms with van der Waals surface area (Å²) >= 11 is 0. The molecule has 1 aliphatic carbocycles. The maximum Gasteiger partial charge on any atom is 0.282 e. The Bertz CT molecular complexity index is 541. The van der Waals surface area contributed by atoms with E-state index >= 15 is 0 Å². The van der Waals surface area contributed by atoms with Crippen LogP contribution < -0.4 is 0 Å². The number of hydrogen-bond donors (Lipinski definition) is 0. The summed E-state index contributed by atoms with van der Waals surface area (Å²) in [4.78, 5) is 14.3. The van der Waals surface area contributed by atoms with Gasteiger partial charge < -0.3 is 4.90 Å². The molecular weight excluding hydrogens is 276 g/mol. The van der Waals surface area contributed by atoms with E-state index in [-0.39, 0.29) is 24.2 Å². The van der Waals surface area contributed by atoms with E-state index in [9.17, 15) is 13.6 Å². The summed E-state index contributed by atoms with van der Waals surface area (Å²) in [6.45, 7) is 2.92. The van der Waals surface area contributed by atoms with Gasteiger partial charge in [0.15, 0.2) is 0 Å². The fourth-order valence-electron chi connectivity index (χ4n) is 3.53. The predicted octanol–water partition coefficient (Wildman–Crippen LogP) is 2.71. The molecule has 1 amide bonds. The summed E-state index contributed by atoms with van der Waals surface area (Å²) < 4.78 is 27.6. The van der Waals surface area contributed by atoms with Crippen molar-refractivity contribution in [2.24, 2.45) is 0 Å². The molecule has 1 atom stereocenters. The normalized spacial score (nSPS) is 21.9. The van der Waals surface area contributed by atoms with E-state index in [2.05, 4.69) is 12.0 Å². The number of halogens is 2. The molecule has 2 aliphatic rings. The Hall–Kier alpha value is -1.46. The van der Waals surface area contributed by atoms with Crippen molar-refractivity contribution in [3.63, 3.8) is 0 Å². The van der Waals surface area contributed by atoms with Gasteiger partial charge in [-0.05, 0) is 45.4 Å². The maximum atomic E-state index is 13.0. The van der Waals surface area contributed by atoms with Gasteiger partial charge >= 0.3 is 0 Å². The number of amides is 1. The highest BCUT2D eigenvalue weighted by Gasteiger charge is 2.29. The van der Waals surface area contributed by atoms with Crippen LogP contribution in [-0.2, 0) is 24.2 Å². The van der Waals surface area contributed by atoms with Gasteiger partial charge in [0.05, 0.1) is 0 Å². The molecule has 1 fully saturated rings. The maximum absolute atomic E-state index is 13.0. The highest BCUT2D eigenvalue weighted by molar-refractivity contribution is 5.76. The lowest BCUT2D eigenvalue weighted by atomic mass is 10.0. The zero-order valence-electron chi connectivity index (χ0n) is 12.3. The molecule has 116 valence electrons. The number of carbonyl (C=O) groups excluding carboxylic acids is 1. The van der Waals surface area contributed by atoms with Gasteiger partial charge in [0, 0.05) is 23.8 Å². The molecule has 0 bridgehead atoms. The summed E-state index contributed by atoms with van der Waals surface area (Å²) in [6.07, 6.45) is 2.92. The van der Waals surface area contributed by atoms with Crippen LogP contribution in [-0.4, -0.2) is 33.2 Å². The fraction of sp³-hybridized carbons (Fsp3) is 0.733. The van der Waals surface area contributed by atoms with Crippen molar-refractivity contribution in [1.82, 2.24) is 14.7 Å². The van der Waals surface area contributed by atoms with Crippen molar-refractivity contribution in [3.8, 4) is 0 Å². The number of piperidine rings is 1. The van der Waals surface area contributed by atoms with Gasteiger partial charge in [-0.25, -0.2) is 8.78 Å². The molecule has 0 saturated carbocycles. The second-order valence-corrected chi connectivity index (χ2v) is 6.05. The highest BCUT2D eigenvalue weighted by Crippen LogP contribution is 2.31.